The van der Waals surface area contributed by atoms with E-state index in [4.69, 9.17) is 23.2 Å². The number of nitrogens with zero attached hydrogens (tertiary/aromatic N) is 2. The van der Waals surface area contributed by atoms with Gasteiger partial charge in [-0.25, -0.2) is 4.98 Å². The van der Waals surface area contributed by atoms with E-state index in [1.54, 1.807) is 12.1 Å². The van der Waals surface area contributed by atoms with Gasteiger partial charge in [0.1, 0.15) is 4.83 Å². The van der Waals surface area contributed by atoms with Crippen molar-refractivity contribution in [3.05, 3.63) is 83.2 Å². The highest BCUT2D eigenvalue weighted by atomic mass is 127. The second-order valence-corrected chi connectivity index (χ2v) is 9.74. The molecule has 4 nitrogen and oxygen atoms in total. The number of carbonyl (C=O) groups is 1. The number of fused-ring (bicyclic) bond motifs is 1. The quantitative estimate of drug-likeness (QED) is 0.222. The average molecular weight is 555 g/mol. The number of hydrogen-bond acceptors (Lipinski definition) is 4. The number of rotatable bonds is 4. The minimum atomic E-state index is -0.280. The highest BCUT2D eigenvalue weighted by Gasteiger charge is 2.19. The molecule has 2 aromatic carbocycles. The molecule has 4 rings (SSSR count). The molecule has 0 fully saturated rings. The van der Waals surface area contributed by atoms with Crippen molar-refractivity contribution in [1.82, 2.24) is 9.55 Å². The fourth-order valence-electron chi connectivity index (χ4n) is 3.20. The summed E-state index contributed by atoms with van der Waals surface area (Å²) in [6.45, 7) is 1.83. The Kier molecular flexibility index (Phi) is 5.79. The van der Waals surface area contributed by atoms with Crippen molar-refractivity contribution in [3.8, 4) is 11.1 Å². The number of halogens is 3. The Labute approximate surface area is 194 Å². The molecule has 0 spiro atoms. The normalized spacial score (nSPS) is 11.2. The summed E-state index contributed by atoms with van der Waals surface area (Å²) in [5, 5.41) is 1.24. The average Bonchev–Trinajstić information content (AvgIpc) is 3.00. The topological polar surface area (TPSA) is 52.0 Å². The molecular weight excluding hydrogens is 542 g/mol. The molecule has 2 heterocycles. The first-order chi connectivity index (χ1) is 13.8. The van der Waals surface area contributed by atoms with Gasteiger partial charge < -0.3 is 0 Å². The van der Waals surface area contributed by atoms with Gasteiger partial charge in [0.05, 0.1) is 23.3 Å². The van der Waals surface area contributed by atoms with Crippen LogP contribution in [0.2, 0.25) is 10.0 Å². The van der Waals surface area contributed by atoms with Crippen LogP contribution < -0.4 is 5.56 Å². The third-order valence-corrected chi connectivity index (χ3v) is 6.75. The number of aromatic nitrogens is 2. The summed E-state index contributed by atoms with van der Waals surface area (Å²) in [5.74, 6) is -0.280. The van der Waals surface area contributed by atoms with Gasteiger partial charge in [0, 0.05) is 24.6 Å². The molecule has 0 aliphatic carbocycles. The number of carbonyl (C=O) groups excluding carboxylic acids is 1. The zero-order valence-electron chi connectivity index (χ0n) is 15.1. The van der Waals surface area contributed by atoms with Crippen LogP contribution in [0.3, 0.4) is 0 Å². The molecule has 0 aliphatic heterocycles. The predicted molar refractivity (Wildman–Crippen MR) is 128 cm³/mol. The maximum absolute atomic E-state index is 13.2. The monoisotopic (exact) mass is 554 g/mol. The van der Waals surface area contributed by atoms with Crippen LogP contribution in [0.5, 0.6) is 0 Å². The lowest BCUT2D eigenvalue weighted by Crippen LogP contribution is -2.24. The van der Waals surface area contributed by atoms with Crippen molar-refractivity contribution in [2.75, 3.05) is 0 Å². The summed E-state index contributed by atoms with van der Waals surface area (Å²) in [5.41, 5.74) is 1.91. The Balaban J connectivity index is 1.81. The molecule has 146 valence electrons. The minimum absolute atomic E-state index is 0.149. The summed E-state index contributed by atoms with van der Waals surface area (Å²) in [6, 6.07) is 12.6. The van der Waals surface area contributed by atoms with E-state index in [2.05, 4.69) is 27.6 Å². The summed E-state index contributed by atoms with van der Waals surface area (Å²) in [4.78, 5) is 32.1. The molecule has 4 aromatic rings. The number of ketones is 1. The van der Waals surface area contributed by atoms with Crippen molar-refractivity contribution in [3.63, 3.8) is 0 Å². The number of thiophene rings is 1. The lowest BCUT2D eigenvalue weighted by atomic mass is 10.0. The van der Waals surface area contributed by atoms with Gasteiger partial charge in [0.25, 0.3) is 5.56 Å². The molecular formula is C21H13Cl2IN2O2S. The molecule has 0 unspecified atom stereocenters. The number of hydrogen-bond donors (Lipinski definition) is 0. The second-order valence-electron chi connectivity index (χ2n) is 6.45. The van der Waals surface area contributed by atoms with Crippen LogP contribution in [0.4, 0.5) is 0 Å². The molecule has 0 amide bonds. The van der Waals surface area contributed by atoms with E-state index >= 15 is 0 Å². The highest BCUT2D eigenvalue weighted by molar-refractivity contribution is 14.1. The van der Waals surface area contributed by atoms with Crippen LogP contribution in [0, 0.1) is 10.5 Å². The SMILES string of the molecule is Cc1sc2ncn(CC(=O)c3ccc(Cl)cc3Cl)c(=O)c2c1-c1cccc(I)c1. The van der Waals surface area contributed by atoms with Crippen molar-refractivity contribution in [2.45, 2.75) is 13.5 Å². The van der Waals surface area contributed by atoms with Gasteiger partial charge in [0.15, 0.2) is 5.78 Å². The summed E-state index contributed by atoms with van der Waals surface area (Å²) >= 11 is 15.8. The number of benzene rings is 2. The minimum Gasteiger partial charge on any atom is -0.292 e. The van der Waals surface area contributed by atoms with Crippen LogP contribution in [0.1, 0.15) is 15.2 Å². The van der Waals surface area contributed by atoms with Crippen molar-refractivity contribution in [1.29, 1.82) is 0 Å². The lowest BCUT2D eigenvalue weighted by Gasteiger charge is -2.08. The first kappa shape index (κ1) is 20.5. The fraction of sp³-hybridized carbons (Fsp3) is 0.0952. The van der Waals surface area contributed by atoms with Crippen LogP contribution in [-0.2, 0) is 6.54 Å². The maximum Gasteiger partial charge on any atom is 0.263 e. The second kappa shape index (κ2) is 8.18. The first-order valence-corrected chi connectivity index (χ1v) is 11.2. The molecule has 0 bridgehead atoms. The standard InChI is InChI=1S/C21H13Cl2IN2O2S/c1-11-18(12-3-2-4-14(24)7-12)19-20(29-11)25-10-26(21(19)28)9-17(27)15-6-5-13(22)8-16(15)23/h2-8,10H,9H2,1H3. The Hall–Kier alpha value is -1.74. The van der Waals surface area contributed by atoms with E-state index in [1.165, 1.54) is 28.3 Å². The van der Waals surface area contributed by atoms with E-state index in [9.17, 15) is 9.59 Å². The zero-order chi connectivity index (χ0) is 20.7. The van der Waals surface area contributed by atoms with E-state index in [-0.39, 0.29) is 22.9 Å². The Morgan fingerprint density at radius 2 is 2.00 bits per heavy atom. The third kappa shape index (κ3) is 3.99. The summed E-state index contributed by atoms with van der Waals surface area (Å²) in [6.07, 6.45) is 1.42. The van der Waals surface area contributed by atoms with Gasteiger partial charge in [-0.05, 0) is 65.4 Å². The number of aryl methyl sites for hydroxylation is 1. The zero-order valence-corrected chi connectivity index (χ0v) is 19.6. The molecule has 2 aromatic heterocycles. The van der Waals surface area contributed by atoms with Crippen molar-refractivity contribution in [2.24, 2.45) is 0 Å². The third-order valence-electron chi connectivity index (χ3n) is 4.51. The van der Waals surface area contributed by atoms with Gasteiger partial charge in [-0.1, -0.05) is 35.3 Å². The van der Waals surface area contributed by atoms with Crippen LogP contribution >= 0.6 is 57.1 Å². The van der Waals surface area contributed by atoms with Crippen molar-refractivity contribution < 1.29 is 4.79 Å². The van der Waals surface area contributed by atoms with Gasteiger partial charge >= 0.3 is 0 Å². The molecule has 8 heteroatoms. The highest BCUT2D eigenvalue weighted by Crippen LogP contribution is 2.35. The van der Waals surface area contributed by atoms with E-state index in [0.29, 0.717) is 20.8 Å². The first-order valence-electron chi connectivity index (χ1n) is 8.58. The molecule has 0 saturated heterocycles. The number of Topliss-reactive ketones (excluding diaryl/α,β-unsaturated/α-hetero) is 1. The summed E-state index contributed by atoms with van der Waals surface area (Å²) in [7, 11) is 0. The molecule has 0 radical (unpaired) electrons. The smallest absolute Gasteiger partial charge is 0.263 e. The van der Waals surface area contributed by atoms with E-state index in [1.807, 2.05) is 31.2 Å². The van der Waals surface area contributed by atoms with Gasteiger partial charge in [-0.2, -0.15) is 0 Å². The largest absolute Gasteiger partial charge is 0.292 e. The van der Waals surface area contributed by atoms with Crippen LogP contribution in [-0.4, -0.2) is 15.3 Å². The van der Waals surface area contributed by atoms with Gasteiger partial charge in [0.2, 0.25) is 0 Å². The van der Waals surface area contributed by atoms with Crippen LogP contribution in [0.25, 0.3) is 21.3 Å². The van der Waals surface area contributed by atoms with Crippen LogP contribution in [0.15, 0.2) is 53.6 Å². The van der Waals surface area contributed by atoms with E-state index in [0.717, 1.165) is 19.6 Å². The predicted octanol–water partition coefficient (Wildman–Crippen LogP) is 6.23. The van der Waals surface area contributed by atoms with Gasteiger partial charge in [-0.15, -0.1) is 11.3 Å². The Morgan fingerprint density at radius 3 is 2.72 bits per heavy atom. The Morgan fingerprint density at radius 1 is 1.21 bits per heavy atom. The maximum atomic E-state index is 13.2. The van der Waals surface area contributed by atoms with Crippen molar-refractivity contribution >= 4 is 73.1 Å². The Bertz CT molecular complexity index is 1330. The molecule has 0 atom stereocenters. The fourth-order valence-corrected chi connectivity index (χ4v) is 5.26. The summed E-state index contributed by atoms with van der Waals surface area (Å²) < 4.78 is 2.41. The molecule has 29 heavy (non-hydrogen) atoms. The van der Waals surface area contributed by atoms with Gasteiger partial charge in [-0.3, -0.25) is 14.2 Å². The lowest BCUT2D eigenvalue weighted by molar-refractivity contribution is 0.0971. The van der Waals surface area contributed by atoms with E-state index < -0.39 is 0 Å². The molecule has 0 saturated carbocycles. The molecule has 0 N–H and O–H groups in total. The molecule has 0 aliphatic rings.